The zero-order valence-electron chi connectivity index (χ0n) is 23.7. The number of anilines is 2. The summed E-state index contributed by atoms with van der Waals surface area (Å²) < 4.78 is 24.8. The molecule has 0 radical (unpaired) electrons. The number of fused-ring (bicyclic) bond motifs is 1. The molecule has 212 valence electrons. The zero-order chi connectivity index (χ0) is 28.2. The number of ether oxygens (including phenoxy) is 2. The van der Waals surface area contributed by atoms with Crippen LogP contribution in [0.25, 0.3) is 10.9 Å². The van der Waals surface area contributed by atoms with Crippen molar-refractivity contribution in [1.29, 1.82) is 0 Å². The number of benzene rings is 2. The van der Waals surface area contributed by atoms with E-state index in [4.69, 9.17) is 9.47 Å². The van der Waals surface area contributed by atoms with Gasteiger partial charge in [0.05, 0.1) is 19.2 Å². The van der Waals surface area contributed by atoms with Crippen LogP contribution in [0.15, 0.2) is 42.7 Å². The Bertz CT molecular complexity index is 1190. The average Bonchev–Trinajstić information content (AvgIpc) is 2.97. The molecule has 0 saturated carbocycles. The van der Waals surface area contributed by atoms with E-state index in [1.807, 2.05) is 26.0 Å². The Hall–Kier alpha value is -3.66. The molecule has 2 aromatic carbocycles. The first-order valence-electron chi connectivity index (χ1n) is 13.7. The highest BCUT2D eigenvalue weighted by Gasteiger charge is 2.24. The third-order valence-corrected chi connectivity index (χ3v) is 6.41. The molecule has 0 bridgehead atoms. The number of aromatic nitrogens is 2. The van der Waals surface area contributed by atoms with Crippen molar-refractivity contribution >= 4 is 28.4 Å². The molecule has 9 nitrogen and oxygen atoms in total. The van der Waals surface area contributed by atoms with E-state index in [0.717, 1.165) is 42.7 Å². The van der Waals surface area contributed by atoms with Gasteiger partial charge in [0.15, 0.2) is 11.5 Å². The number of urea groups is 1. The van der Waals surface area contributed by atoms with Crippen LogP contribution < -0.4 is 19.7 Å². The van der Waals surface area contributed by atoms with E-state index in [1.54, 1.807) is 30.5 Å². The molecule has 0 atom stereocenters. The smallest absolute Gasteiger partial charge is 0.321 e. The van der Waals surface area contributed by atoms with Gasteiger partial charge < -0.3 is 29.5 Å². The average molecular weight is 541 g/mol. The third kappa shape index (κ3) is 8.16. The highest BCUT2D eigenvalue weighted by molar-refractivity contribution is 5.92. The monoisotopic (exact) mass is 540 g/mol. The fourth-order valence-corrected chi connectivity index (χ4v) is 4.44. The van der Waals surface area contributed by atoms with Crippen LogP contribution in [0, 0.1) is 5.82 Å². The Morgan fingerprint density at radius 1 is 1.05 bits per heavy atom. The highest BCUT2D eigenvalue weighted by atomic mass is 19.1. The first kappa shape index (κ1) is 29.9. The maximum atomic E-state index is 13.1. The third-order valence-electron chi connectivity index (χ3n) is 6.41. The van der Waals surface area contributed by atoms with Gasteiger partial charge in [0.25, 0.3) is 0 Å². The van der Waals surface area contributed by atoms with Crippen molar-refractivity contribution in [1.82, 2.24) is 19.8 Å². The molecule has 1 fully saturated rings. The van der Waals surface area contributed by atoms with E-state index in [-0.39, 0.29) is 11.8 Å². The van der Waals surface area contributed by atoms with Gasteiger partial charge in [-0.2, -0.15) is 0 Å². The number of halogens is 1. The number of methoxy groups -OCH3 is 1. The van der Waals surface area contributed by atoms with Crippen molar-refractivity contribution < 1.29 is 18.7 Å². The minimum Gasteiger partial charge on any atom is -0.493 e. The summed E-state index contributed by atoms with van der Waals surface area (Å²) in [5.74, 6) is 1.77. The molecule has 0 aliphatic carbocycles. The van der Waals surface area contributed by atoms with Gasteiger partial charge in [-0.15, -0.1) is 0 Å². The molecule has 3 aromatic rings. The second kappa shape index (κ2) is 15.1. The molecule has 2 amide bonds. The van der Waals surface area contributed by atoms with E-state index < -0.39 is 0 Å². The molecule has 39 heavy (non-hydrogen) atoms. The molecule has 1 saturated heterocycles. The molecular weight excluding hydrogens is 499 g/mol. The van der Waals surface area contributed by atoms with Crippen LogP contribution in [0.4, 0.5) is 20.7 Å². The molecule has 2 heterocycles. The SMILES string of the molecule is CC.CCCN(C)CCCOc1cc2ncnc(N3CCN(C(=O)Nc4ccc(F)cc4)CC3)c2cc1OC. The fourth-order valence-electron chi connectivity index (χ4n) is 4.44. The Morgan fingerprint density at radius 2 is 1.77 bits per heavy atom. The number of hydrogen-bond acceptors (Lipinski definition) is 7. The number of hydrogen-bond donors (Lipinski definition) is 1. The van der Waals surface area contributed by atoms with Gasteiger partial charge in [0, 0.05) is 49.9 Å². The van der Waals surface area contributed by atoms with E-state index in [0.29, 0.717) is 50.0 Å². The lowest BCUT2D eigenvalue weighted by atomic mass is 10.2. The molecule has 1 aromatic heterocycles. The number of nitrogens with one attached hydrogen (secondary N) is 1. The van der Waals surface area contributed by atoms with Crippen molar-refractivity contribution in [3.63, 3.8) is 0 Å². The second-order valence-corrected chi connectivity index (χ2v) is 9.13. The molecule has 10 heteroatoms. The summed E-state index contributed by atoms with van der Waals surface area (Å²) in [5.41, 5.74) is 1.34. The van der Waals surface area contributed by atoms with Gasteiger partial charge in [-0.05, 0) is 56.8 Å². The number of carbonyl (C=O) groups excluding carboxylic acids is 1. The van der Waals surface area contributed by atoms with Gasteiger partial charge >= 0.3 is 6.03 Å². The number of carbonyl (C=O) groups is 1. The minimum absolute atomic E-state index is 0.205. The van der Waals surface area contributed by atoms with Crippen LogP contribution >= 0.6 is 0 Å². The second-order valence-electron chi connectivity index (χ2n) is 9.13. The Kier molecular flexibility index (Phi) is 11.5. The molecule has 4 rings (SSSR count). The summed E-state index contributed by atoms with van der Waals surface area (Å²) in [6.45, 7) is 11.1. The van der Waals surface area contributed by atoms with Gasteiger partial charge in [0.1, 0.15) is 18.0 Å². The molecule has 1 N–H and O–H groups in total. The Labute approximate surface area is 230 Å². The molecule has 0 spiro atoms. The van der Waals surface area contributed by atoms with Crippen LogP contribution in [0.1, 0.15) is 33.6 Å². The van der Waals surface area contributed by atoms with Crippen LogP contribution in [0.3, 0.4) is 0 Å². The Morgan fingerprint density at radius 3 is 2.44 bits per heavy atom. The predicted octanol–water partition coefficient (Wildman–Crippen LogP) is 5.27. The largest absolute Gasteiger partial charge is 0.493 e. The first-order chi connectivity index (χ1) is 19.0. The topological polar surface area (TPSA) is 83.1 Å². The lowest BCUT2D eigenvalue weighted by Gasteiger charge is -2.35. The number of piperazine rings is 1. The van der Waals surface area contributed by atoms with Gasteiger partial charge in [-0.1, -0.05) is 20.8 Å². The highest BCUT2D eigenvalue weighted by Crippen LogP contribution is 2.35. The van der Waals surface area contributed by atoms with Crippen LogP contribution in [-0.2, 0) is 0 Å². The Balaban J connectivity index is 0.00000205. The molecule has 0 unspecified atom stereocenters. The predicted molar refractivity (Wildman–Crippen MR) is 155 cm³/mol. The van der Waals surface area contributed by atoms with E-state index >= 15 is 0 Å². The zero-order valence-corrected chi connectivity index (χ0v) is 23.7. The summed E-state index contributed by atoms with van der Waals surface area (Å²) in [4.78, 5) is 27.9. The van der Waals surface area contributed by atoms with E-state index in [1.165, 1.54) is 12.1 Å². The summed E-state index contributed by atoms with van der Waals surface area (Å²) in [6, 6.07) is 9.37. The van der Waals surface area contributed by atoms with Gasteiger partial charge in [0.2, 0.25) is 0 Å². The van der Waals surface area contributed by atoms with Gasteiger partial charge in [-0.3, -0.25) is 0 Å². The maximum Gasteiger partial charge on any atom is 0.321 e. The fraction of sp³-hybridized carbons (Fsp3) is 0.483. The number of rotatable bonds is 10. The number of nitrogens with zero attached hydrogens (tertiary/aromatic N) is 5. The standard InChI is InChI=1S/C27H35FN6O3.C2H6/c1-4-10-32(2)11-5-16-37-25-18-23-22(17-24(25)36-3)26(30-19-29-23)33-12-14-34(15-13-33)27(35)31-21-8-6-20(28)7-9-21;1-2/h6-9,17-19H,4-5,10-16H2,1-3H3,(H,31,35);1-2H3. The first-order valence-corrected chi connectivity index (χ1v) is 13.7. The van der Waals surface area contributed by atoms with Crippen LogP contribution in [0.2, 0.25) is 0 Å². The van der Waals surface area contributed by atoms with Crippen molar-refractivity contribution in [2.24, 2.45) is 0 Å². The molecule has 1 aliphatic rings. The van der Waals surface area contributed by atoms with Crippen molar-refractivity contribution in [2.75, 3.05) is 70.2 Å². The lowest BCUT2D eigenvalue weighted by Crippen LogP contribution is -2.50. The molecular formula is C29H41FN6O3. The van der Waals surface area contributed by atoms with Gasteiger partial charge in [-0.25, -0.2) is 19.2 Å². The normalized spacial score (nSPS) is 13.2. The maximum absolute atomic E-state index is 13.1. The van der Waals surface area contributed by atoms with Crippen molar-refractivity contribution in [3.8, 4) is 11.5 Å². The quantitative estimate of drug-likeness (QED) is 0.351. The summed E-state index contributed by atoms with van der Waals surface area (Å²) >= 11 is 0. The van der Waals surface area contributed by atoms with Crippen LogP contribution in [-0.4, -0.2) is 85.8 Å². The summed E-state index contributed by atoms with van der Waals surface area (Å²) in [6.07, 6.45) is 3.61. The summed E-state index contributed by atoms with van der Waals surface area (Å²) in [5, 5.41) is 3.69. The lowest BCUT2D eigenvalue weighted by molar-refractivity contribution is 0.208. The van der Waals surface area contributed by atoms with E-state index in [9.17, 15) is 9.18 Å². The van der Waals surface area contributed by atoms with Crippen molar-refractivity contribution in [3.05, 3.63) is 48.5 Å². The van der Waals surface area contributed by atoms with Crippen molar-refractivity contribution in [2.45, 2.75) is 33.6 Å². The van der Waals surface area contributed by atoms with E-state index in [2.05, 4.69) is 39.1 Å². The van der Waals surface area contributed by atoms with Crippen LogP contribution in [0.5, 0.6) is 11.5 Å². The minimum atomic E-state index is -0.339. The summed E-state index contributed by atoms with van der Waals surface area (Å²) in [7, 11) is 3.75. The number of amides is 2. The molecule has 1 aliphatic heterocycles.